The highest BCUT2D eigenvalue weighted by molar-refractivity contribution is 6.02. The molecule has 0 spiro atoms. The average Bonchev–Trinajstić information content (AvgIpc) is 2.23. The van der Waals surface area contributed by atoms with E-state index in [1.54, 1.807) is 6.92 Å². The van der Waals surface area contributed by atoms with Gasteiger partial charge >= 0.3 is 12.0 Å². The van der Waals surface area contributed by atoms with Crippen LogP contribution in [0.3, 0.4) is 0 Å². The molecule has 0 saturated heterocycles. The number of urea groups is 1. The fourth-order valence-corrected chi connectivity index (χ4v) is 1.48. The molecule has 0 saturated carbocycles. The first-order valence-electron chi connectivity index (χ1n) is 5.52. The number of aromatic carboxylic acids is 1. The Morgan fingerprint density at radius 3 is 2.44 bits per heavy atom. The first-order valence-corrected chi connectivity index (χ1v) is 5.52. The van der Waals surface area contributed by atoms with E-state index in [0.29, 0.717) is 11.3 Å². The first kappa shape index (κ1) is 13.8. The smallest absolute Gasteiger partial charge is 0.337 e. The largest absolute Gasteiger partial charge is 0.478 e. The molecule has 18 heavy (non-hydrogen) atoms. The summed E-state index contributed by atoms with van der Waals surface area (Å²) in [5.74, 6) is -1.11. The molecule has 0 aliphatic carbocycles. The molecule has 6 heteroatoms. The van der Waals surface area contributed by atoms with Gasteiger partial charge in [-0.25, -0.2) is 9.59 Å². The van der Waals surface area contributed by atoms with Gasteiger partial charge in [-0.05, 0) is 38.5 Å². The maximum atomic E-state index is 11.6. The van der Waals surface area contributed by atoms with Crippen molar-refractivity contribution in [2.75, 3.05) is 11.1 Å². The molecule has 5 N–H and O–H groups in total. The zero-order chi connectivity index (χ0) is 13.9. The summed E-state index contributed by atoms with van der Waals surface area (Å²) in [6.45, 7) is 5.28. The van der Waals surface area contributed by atoms with Crippen LogP contribution in [0.2, 0.25) is 0 Å². The minimum atomic E-state index is -1.11. The maximum Gasteiger partial charge on any atom is 0.337 e. The Kier molecular flexibility index (Phi) is 4.14. The van der Waals surface area contributed by atoms with Crippen LogP contribution in [0.25, 0.3) is 0 Å². The van der Waals surface area contributed by atoms with E-state index in [0.717, 1.165) is 0 Å². The van der Waals surface area contributed by atoms with E-state index in [1.165, 1.54) is 12.1 Å². The summed E-state index contributed by atoms with van der Waals surface area (Å²) in [5, 5.41) is 14.2. The second-order valence-corrected chi connectivity index (χ2v) is 4.26. The van der Waals surface area contributed by atoms with Crippen LogP contribution >= 0.6 is 0 Å². The summed E-state index contributed by atoms with van der Waals surface area (Å²) in [6.07, 6.45) is 0. The van der Waals surface area contributed by atoms with Gasteiger partial charge < -0.3 is 21.5 Å². The van der Waals surface area contributed by atoms with E-state index in [4.69, 9.17) is 10.8 Å². The topological polar surface area (TPSA) is 104 Å². The van der Waals surface area contributed by atoms with Crippen molar-refractivity contribution in [1.82, 2.24) is 5.32 Å². The summed E-state index contributed by atoms with van der Waals surface area (Å²) < 4.78 is 0. The molecule has 1 aromatic carbocycles. The van der Waals surface area contributed by atoms with E-state index < -0.39 is 12.0 Å². The van der Waals surface area contributed by atoms with E-state index in [1.807, 2.05) is 13.8 Å². The standard InChI is InChI=1S/C12H17N3O3/c1-6(2)14-12(18)15-10-7(3)9(13)5-4-8(10)11(16)17/h4-6H,13H2,1-3H3,(H,16,17)(H2,14,15,18). The van der Waals surface area contributed by atoms with Gasteiger partial charge in [0.15, 0.2) is 0 Å². The summed E-state index contributed by atoms with van der Waals surface area (Å²) >= 11 is 0. The van der Waals surface area contributed by atoms with E-state index in [2.05, 4.69) is 10.6 Å². The Morgan fingerprint density at radius 2 is 1.94 bits per heavy atom. The van der Waals surface area contributed by atoms with Gasteiger partial charge in [-0.2, -0.15) is 0 Å². The van der Waals surface area contributed by atoms with Gasteiger partial charge in [-0.1, -0.05) is 0 Å². The second kappa shape index (κ2) is 5.39. The molecular formula is C12H17N3O3. The number of rotatable bonds is 3. The van der Waals surface area contributed by atoms with Crippen LogP contribution in [0.1, 0.15) is 29.8 Å². The third-order valence-electron chi connectivity index (χ3n) is 2.40. The fraction of sp³-hybridized carbons (Fsp3) is 0.333. The summed E-state index contributed by atoms with van der Waals surface area (Å²) in [6, 6.07) is 2.38. The Balaban J connectivity index is 3.09. The number of anilines is 2. The monoisotopic (exact) mass is 251 g/mol. The lowest BCUT2D eigenvalue weighted by molar-refractivity contribution is 0.0698. The quantitative estimate of drug-likeness (QED) is 0.615. The highest BCUT2D eigenvalue weighted by Crippen LogP contribution is 2.25. The molecule has 0 atom stereocenters. The maximum absolute atomic E-state index is 11.6. The number of nitrogens with one attached hydrogen (secondary N) is 2. The van der Waals surface area contributed by atoms with Gasteiger partial charge in [-0.15, -0.1) is 0 Å². The number of benzene rings is 1. The highest BCUT2D eigenvalue weighted by Gasteiger charge is 2.16. The van der Waals surface area contributed by atoms with Gasteiger partial charge in [0.1, 0.15) is 0 Å². The molecule has 0 aliphatic rings. The normalized spacial score (nSPS) is 10.2. The van der Waals surface area contributed by atoms with E-state index in [-0.39, 0.29) is 17.3 Å². The van der Waals surface area contributed by atoms with Crippen molar-refractivity contribution < 1.29 is 14.7 Å². The van der Waals surface area contributed by atoms with Crippen LogP contribution in [0.4, 0.5) is 16.2 Å². The van der Waals surface area contributed by atoms with Crippen molar-refractivity contribution in [3.8, 4) is 0 Å². The first-order chi connectivity index (χ1) is 8.32. The number of carbonyl (C=O) groups excluding carboxylic acids is 1. The van der Waals surface area contributed by atoms with Gasteiger partial charge in [0, 0.05) is 11.7 Å². The lowest BCUT2D eigenvalue weighted by Gasteiger charge is -2.15. The third-order valence-corrected chi connectivity index (χ3v) is 2.40. The van der Waals surface area contributed by atoms with Crippen molar-refractivity contribution >= 4 is 23.4 Å². The van der Waals surface area contributed by atoms with Crippen molar-refractivity contribution in [2.45, 2.75) is 26.8 Å². The zero-order valence-corrected chi connectivity index (χ0v) is 10.6. The molecule has 2 amide bonds. The number of nitrogen functional groups attached to an aromatic ring is 1. The van der Waals surface area contributed by atoms with Gasteiger partial charge in [0.05, 0.1) is 11.3 Å². The number of hydrogen-bond donors (Lipinski definition) is 4. The molecular weight excluding hydrogens is 234 g/mol. The van der Waals surface area contributed by atoms with Gasteiger partial charge in [0.25, 0.3) is 0 Å². The van der Waals surface area contributed by atoms with E-state index in [9.17, 15) is 9.59 Å². The molecule has 0 aliphatic heterocycles. The van der Waals surface area contributed by atoms with Crippen LogP contribution in [-0.4, -0.2) is 23.1 Å². The number of carbonyl (C=O) groups is 2. The highest BCUT2D eigenvalue weighted by atomic mass is 16.4. The number of amides is 2. The van der Waals surface area contributed by atoms with Crippen LogP contribution in [-0.2, 0) is 0 Å². The van der Waals surface area contributed by atoms with Crippen LogP contribution in [0.5, 0.6) is 0 Å². The number of hydrogen-bond acceptors (Lipinski definition) is 3. The average molecular weight is 251 g/mol. The Labute approximate surface area is 105 Å². The van der Waals surface area contributed by atoms with Gasteiger partial charge in [0.2, 0.25) is 0 Å². The zero-order valence-electron chi connectivity index (χ0n) is 10.6. The van der Waals surface area contributed by atoms with Crippen molar-refractivity contribution in [2.24, 2.45) is 0 Å². The minimum absolute atomic E-state index is 0.0145. The van der Waals surface area contributed by atoms with Crippen molar-refractivity contribution in [3.63, 3.8) is 0 Å². The molecule has 6 nitrogen and oxygen atoms in total. The lowest BCUT2D eigenvalue weighted by atomic mass is 10.1. The van der Waals surface area contributed by atoms with Gasteiger partial charge in [-0.3, -0.25) is 0 Å². The summed E-state index contributed by atoms with van der Waals surface area (Å²) in [5.41, 5.74) is 6.91. The van der Waals surface area contributed by atoms with E-state index >= 15 is 0 Å². The minimum Gasteiger partial charge on any atom is -0.478 e. The molecule has 0 bridgehead atoms. The molecule has 0 radical (unpaired) electrons. The molecule has 0 unspecified atom stereocenters. The third kappa shape index (κ3) is 3.13. The summed E-state index contributed by atoms with van der Waals surface area (Å²) in [4.78, 5) is 22.7. The molecule has 1 rings (SSSR count). The Morgan fingerprint density at radius 1 is 1.33 bits per heavy atom. The molecule has 98 valence electrons. The van der Waals surface area contributed by atoms with Crippen molar-refractivity contribution in [3.05, 3.63) is 23.3 Å². The Bertz CT molecular complexity index is 484. The number of carboxylic acid groups (broad SMARTS) is 1. The summed E-state index contributed by atoms with van der Waals surface area (Å²) in [7, 11) is 0. The second-order valence-electron chi connectivity index (χ2n) is 4.26. The number of carboxylic acids is 1. The molecule has 0 aromatic heterocycles. The predicted molar refractivity (Wildman–Crippen MR) is 69.8 cm³/mol. The lowest BCUT2D eigenvalue weighted by Crippen LogP contribution is -2.34. The molecule has 0 fully saturated rings. The van der Waals surface area contributed by atoms with Crippen LogP contribution in [0, 0.1) is 6.92 Å². The predicted octanol–water partition coefficient (Wildman–Crippen LogP) is 1.81. The Hall–Kier alpha value is -2.24. The molecule has 1 aromatic rings. The number of nitrogens with two attached hydrogens (primary N) is 1. The van der Waals surface area contributed by atoms with Crippen molar-refractivity contribution in [1.29, 1.82) is 0 Å². The van der Waals surface area contributed by atoms with Crippen LogP contribution in [0.15, 0.2) is 12.1 Å². The fourth-order valence-electron chi connectivity index (χ4n) is 1.48. The molecule has 0 heterocycles. The van der Waals surface area contributed by atoms with Crippen LogP contribution < -0.4 is 16.4 Å². The SMILES string of the molecule is Cc1c(N)ccc(C(=O)O)c1NC(=O)NC(C)C.